The van der Waals surface area contributed by atoms with Crippen LogP contribution in [0.4, 0.5) is 13.6 Å². The van der Waals surface area contributed by atoms with Crippen LogP contribution in [0.15, 0.2) is 47.6 Å². The van der Waals surface area contributed by atoms with E-state index in [4.69, 9.17) is 21.4 Å². The van der Waals surface area contributed by atoms with E-state index in [0.717, 1.165) is 0 Å². The molecule has 0 radical (unpaired) electrons. The summed E-state index contributed by atoms with van der Waals surface area (Å²) in [5.41, 5.74) is -2.35. The number of pyridine rings is 1. The molecule has 1 aromatic heterocycles. The van der Waals surface area contributed by atoms with Crippen molar-refractivity contribution in [2.24, 2.45) is 5.92 Å². The summed E-state index contributed by atoms with van der Waals surface area (Å²) in [7, 11) is 0. The number of hydrogen-bond donors (Lipinski definition) is 3. The number of allylic oxidation sites excluding steroid dienone is 1. The van der Waals surface area contributed by atoms with Crippen molar-refractivity contribution in [2.75, 3.05) is 6.61 Å². The molecule has 0 saturated heterocycles. The summed E-state index contributed by atoms with van der Waals surface area (Å²) in [5.74, 6) is 0.372. The molecule has 6 nitrogen and oxygen atoms in total. The first-order valence-corrected chi connectivity index (χ1v) is 9.15. The average Bonchev–Trinajstić information content (AvgIpc) is 2.59. The van der Waals surface area contributed by atoms with Gasteiger partial charge in [0.1, 0.15) is 17.3 Å². The Morgan fingerprint density at radius 3 is 2.57 bits per heavy atom. The molecular formula is C19H24ClF2N3O3. The molecule has 28 heavy (non-hydrogen) atoms. The predicted octanol–water partition coefficient (Wildman–Crippen LogP) is 4.20. The van der Waals surface area contributed by atoms with Gasteiger partial charge in [0.2, 0.25) is 0 Å². The van der Waals surface area contributed by atoms with Gasteiger partial charge in [-0.05, 0) is 49.1 Å². The van der Waals surface area contributed by atoms with Crippen LogP contribution in [0.1, 0.15) is 32.8 Å². The third-order valence-corrected chi connectivity index (χ3v) is 4.63. The van der Waals surface area contributed by atoms with E-state index in [0.29, 0.717) is 12.0 Å². The van der Waals surface area contributed by atoms with Gasteiger partial charge >= 0.3 is 6.09 Å². The van der Waals surface area contributed by atoms with Gasteiger partial charge in [-0.3, -0.25) is 4.98 Å². The minimum atomic E-state index is -2.78. The number of amides is 1. The highest BCUT2D eigenvalue weighted by Crippen LogP contribution is 2.36. The van der Waals surface area contributed by atoms with E-state index in [-0.39, 0.29) is 23.4 Å². The van der Waals surface area contributed by atoms with Gasteiger partial charge in [-0.15, -0.1) is 0 Å². The molecule has 1 amide bonds. The van der Waals surface area contributed by atoms with Gasteiger partial charge in [0.25, 0.3) is 6.43 Å². The fourth-order valence-electron chi connectivity index (χ4n) is 3.27. The number of nitrogens with one attached hydrogen (secondary N) is 2. The Morgan fingerprint density at radius 1 is 1.43 bits per heavy atom. The molecule has 1 aliphatic rings. The Balaban J connectivity index is 2.19. The Kier molecular flexibility index (Phi) is 6.87. The number of rotatable bonds is 8. The van der Waals surface area contributed by atoms with Gasteiger partial charge in [-0.25, -0.2) is 13.6 Å². The van der Waals surface area contributed by atoms with Crippen molar-refractivity contribution < 1.29 is 23.4 Å². The number of dihydropyridines is 1. The summed E-state index contributed by atoms with van der Waals surface area (Å²) < 4.78 is 33.5. The summed E-state index contributed by atoms with van der Waals surface area (Å²) in [6.45, 7) is 5.63. The lowest BCUT2D eigenvalue weighted by molar-refractivity contribution is 0.0577. The lowest BCUT2D eigenvalue weighted by Gasteiger charge is -2.36. The number of hydrogen-bond acceptors (Lipinski definition) is 4. The van der Waals surface area contributed by atoms with Crippen LogP contribution in [-0.4, -0.2) is 34.8 Å². The number of halogens is 3. The molecule has 1 aromatic rings. The molecule has 0 bridgehead atoms. The predicted molar refractivity (Wildman–Crippen MR) is 102 cm³/mol. The minimum Gasteiger partial charge on any atom is -0.488 e. The highest BCUT2D eigenvalue weighted by atomic mass is 35.5. The SMILES string of the molecule is CC(C)CC(C)(COC1=C(Cl)NC(c2ccncc2)(C(F)F)C=C1)NC(=O)O. The average molecular weight is 416 g/mol. The molecule has 0 aliphatic carbocycles. The second-order valence-corrected chi connectivity index (χ2v) is 7.80. The van der Waals surface area contributed by atoms with Crippen LogP contribution in [-0.2, 0) is 10.3 Å². The van der Waals surface area contributed by atoms with Crippen LogP contribution in [0.5, 0.6) is 0 Å². The Morgan fingerprint density at radius 2 is 2.07 bits per heavy atom. The standard InChI is InChI=1S/C19H24ClF2N3O3/c1-12(2)10-18(3,25-17(26)27)11-28-14-4-7-19(16(21)22,24-15(14)20)13-5-8-23-9-6-13/h4-9,12,16,24-25H,10-11H2,1-3H3,(H,26,27). The van der Waals surface area contributed by atoms with Crippen molar-refractivity contribution in [3.63, 3.8) is 0 Å². The molecule has 0 spiro atoms. The molecule has 3 N–H and O–H groups in total. The van der Waals surface area contributed by atoms with E-state index in [2.05, 4.69) is 15.6 Å². The molecule has 0 saturated carbocycles. The minimum absolute atomic E-state index is 0.00795. The highest BCUT2D eigenvalue weighted by Gasteiger charge is 2.42. The second kappa shape index (κ2) is 8.77. The van der Waals surface area contributed by atoms with Crippen LogP contribution in [0.25, 0.3) is 0 Å². The topological polar surface area (TPSA) is 83.5 Å². The van der Waals surface area contributed by atoms with E-state index in [9.17, 15) is 13.6 Å². The molecule has 2 rings (SSSR count). The first kappa shape index (κ1) is 21.9. The van der Waals surface area contributed by atoms with E-state index in [1.165, 1.54) is 36.7 Å². The number of alkyl halides is 2. The molecular weight excluding hydrogens is 392 g/mol. The molecule has 9 heteroatoms. The maximum atomic E-state index is 13.9. The van der Waals surface area contributed by atoms with Crippen molar-refractivity contribution in [1.82, 2.24) is 15.6 Å². The van der Waals surface area contributed by atoms with E-state index < -0.39 is 23.6 Å². The Hall–Kier alpha value is -2.35. The molecule has 2 atom stereocenters. The lowest BCUT2D eigenvalue weighted by atomic mass is 9.89. The Bertz CT molecular complexity index is 758. The monoisotopic (exact) mass is 415 g/mol. The number of carboxylic acid groups (broad SMARTS) is 1. The zero-order chi connectivity index (χ0) is 20.9. The van der Waals surface area contributed by atoms with Gasteiger partial charge in [0.15, 0.2) is 5.76 Å². The molecule has 154 valence electrons. The van der Waals surface area contributed by atoms with Crippen LogP contribution < -0.4 is 10.6 Å². The number of carbonyl (C=O) groups is 1. The molecule has 0 fully saturated rings. The maximum absolute atomic E-state index is 13.9. The second-order valence-electron chi connectivity index (χ2n) is 7.42. The number of aromatic nitrogens is 1. The first-order chi connectivity index (χ1) is 13.1. The third kappa shape index (κ3) is 5.13. The summed E-state index contributed by atoms with van der Waals surface area (Å²) in [5, 5.41) is 14.1. The van der Waals surface area contributed by atoms with E-state index >= 15 is 0 Å². The molecule has 2 unspecified atom stereocenters. The van der Waals surface area contributed by atoms with Crippen LogP contribution in [0, 0.1) is 5.92 Å². The smallest absolute Gasteiger partial charge is 0.405 e. The van der Waals surface area contributed by atoms with Crippen LogP contribution in [0.2, 0.25) is 0 Å². The summed E-state index contributed by atoms with van der Waals surface area (Å²) in [6, 6.07) is 2.96. The van der Waals surface area contributed by atoms with Gasteiger partial charge < -0.3 is 20.5 Å². The van der Waals surface area contributed by atoms with Crippen molar-refractivity contribution in [3.8, 4) is 0 Å². The van der Waals surface area contributed by atoms with Gasteiger partial charge in [-0.1, -0.05) is 25.4 Å². The van der Waals surface area contributed by atoms with Crippen molar-refractivity contribution in [3.05, 3.63) is 53.2 Å². The number of ether oxygens (including phenoxy) is 1. The zero-order valence-corrected chi connectivity index (χ0v) is 16.6. The van der Waals surface area contributed by atoms with Crippen molar-refractivity contribution >= 4 is 17.7 Å². The summed E-state index contributed by atoms with van der Waals surface area (Å²) in [4.78, 5) is 15.0. The van der Waals surface area contributed by atoms with E-state index in [1.807, 2.05) is 13.8 Å². The first-order valence-electron chi connectivity index (χ1n) is 8.78. The lowest BCUT2D eigenvalue weighted by Crippen LogP contribution is -2.50. The van der Waals surface area contributed by atoms with Gasteiger partial charge in [0.05, 0.1) is 5.54 Å². The highest BCUT2D eigenvalue weighted by molar-refractivity contribution is 6.29. The summed E-state index contributed by atoms with van der Waals surface area (Å²) >= 11 is 6.21. The zero-order valence-electron chi connectivity index (χ0n) is 15.9. The molecule has 2 heterocycles. The number of nitrogens with zero attached hydrogens (tertiary/aromatic N) is 1. The maximum Gasteiger partial charge on any atom is 0.405 e. The third-order valence-electron chi connectivity index (χ3n) is 4.35. The molecule has 0 aromatic carbocycles. The normalized spacial score (nSPS) is 21.4. The van der Waals surface area contributed by atoms with Gasteiger partial charge in [-0.2, -0.15) is 0 Å². The fourth-order valence-corrected chi connectivity index (χ4v) is 3.54. The molecule has 1 aliphatic heterocycles. The van der Waals surface area contributed by atoms with E-state index in [1.54, 1.807) is 6.92 Å². The van der Waals surface area contributed by atoms with Crippen molar-refractivity contribution in [2.45, 2.75) is 44.7 Å². The quantitative estimate of drug-likeness (QED) is 0.554. The van der Waals surface area contributed by atoms with Crippen LogP contribution in [0.3, 0.4) is 0 Å². The summed E-state index contributed by atoms with van der Waals surface area (Å²) in [6.07, 6.45) is 2.10. The largest absolute Gasteiger partial charge is 0.488 e. The Labute approximate surface area is 167 Å². The van der Waals surface area contributed by atoms with Crippen molar-refractivity contribution in [1.29, 1.82) is 0 Å². The fraction of sp³-hybridized carbons (Fsp3) is 0.474. The van der Waals surface area contributed by atoms with Gasteiger partial charge in [0, 0.05) is 12.4 Å². The van der Waals surface area contributed by atoms with Crippen LogP contribution >= 0.6 is 11.6 Å².